The molecule has 2 rings (SSSR count). The maximum atomic E-state index is 11.5. The standard InChI is InChI=1S/C16H24N2O4/c1-16(21,15(20)22-2)12-18-8-6-17(7-9-18)11-13-4-3-5-14(19)10-13/h3-5,10,19,21H,6-9,11-12H2,1-2H3. The van der Waals surface area contributed by atoms with Gasteiger partial charge in [0.05, 0.1) is 7.11 Å². The number of methoxy groups -OCH3 is 1. The summed E-state index contributed by atoms with van der Waals surface area (Å²) in [5.41, 5.74) is -0.391. The predicted molar refractivity (Wildman–Crippen MR) is 82.5 cm³/mol. The number of aromatic hydroxyl groups is 1. The van der Waals surface area contributed by atoms with Gasteiger partial charge in [0.25, 0.3) is 0 Å². The Labute approximate surface area is 130 Å². The molecule has 0 bridgehead atoms. The summed E-state index contributed by atoms with van der Waals surface area (Å²) >= 11 is 0. The molecule has 0 saturated carbocycles. The van der Waals surface area contributed by atoms with Crippen molar-refractivity contribution in [1.82, 2.24) is 9.80 Å². The first kappa shape index (κ1) is 16.7. The van der Waals surface area contributed by atoms with E-state index in [-0.39, 0.29) is 12.3 Å². The minimum Gasteiger partial charge on any atom is -0.508 e. The summed E-state index contributed by atoms with van der Waals surface area (Å²) in [5.74, 6) is -0.319. The third kappa shape index (κ3) is 4.43. The number of esters is 1. The van der Waals surface area contributed by atoms with Gasteiger partial charge in [-0.3, -0.25) is 9.80 Å². The van der Waals surface area contributed by atoms with E-state index >= 15 is 0 Å². The molecule has 0 aromatic heterocycles. The van der Waals surface area contributed by atoms with Crippen LogP contribution in [0.1, 0.15) is 12.5 Å². The highest BCUT2D eigenvalue weighted by molar-refractivity contribution is 5.78. The van der Waals surface area contributed by atoms with E-state index < -0.39 is 11.6 Å². The summed E-state index contributed by atoms with van der Waals surface area (Å²) in [5, 5.41) is 19.6. The van der Waals surface area contributed by atoms with Crippen LogP contribution >= 0.6 is 0 Å². The number of phenols is 1. The molecule has 1 heterocycles. The van der Waals surface area contributed by atoms with Gasteiger partial charge in [-0.2, -0.15) is 0 Å². The number of nitrogens with zero attached hydrogens (tertiary/aromatic N) is 2. The third-order valence-corrected chi connectivity index (χ3v) is 3.94. The topological polar surface area (TPSA) is 73.2 Å². The number of β-amino-alcohol motifs (C(OH)–C–C–N with tert-alkyl or cyclic N) is 1. The predicted octanol–water partition coefficient (Wildman–Crippen LogP) is 0.434. The molecule has 2 N–H and O–H groups in total. The smallest absolute Gasteiger partial charge is 0.338 e. The highest BCUT2D eigenvalue weighted by atomic mass is 16.5. The maximum absolute atomic E-state index is 11.5. The van der Waals surface area contributed by atoms with Gasteiger partial charge in [0.2, 0.25) is 0 Å². The number of carbonyl (C=O) groups excluding carboxylic acids is 1. The lowest BCUT2D eigenvalue weighted by atomic mass is 10.1. The molecule has 0 aliphatic carbocycles. The summed E-state index contributed by atoms with van der Waals surface area (Å²) in [4.78, 5) is 15.9. The van der Waals surface area contributed by atoms with Crippen molar-refractivity contribution < 1.29 is 19.7 Å². The van der Waals surface area contributed by atoms with Crippen molar-refractivity contribution in [2.45, 2.75) is 19.1 Å². The lowest BCUT2D eigenvalue weighted by molar-refractivity contribution is -0.162. The zero-order valence-electron chi connectivity index (χ0n) is 13.2. The zero-order valence-corrected chi connectivity index (χ0v) is 13.2. The van der Waals surface area contributed by atoms with Crippen LogP contribution in [0.5, 0.6) is 5.75 Å². The van der Waals surface area contributed by atoms with Crippen molar-refractivity contribution >= 4 is 5.97 Å². The van der Waals surface area contributed by atoms with Gasteiger partial charge in [0.15, 0.2) is 5.60 Å². The fraction of sp³-hybridized carbons (Fsp3) is 0.562. The first-order chi connectivity index (χ1) is 10.4. The molecule has 6 heteroatoms. The molecule has 122 valence electrons. The van der Waals surface area contributed by atoms with Gasteiger partial charge in [0.1, 0.15) is 5.75 Å². The molecule has 1 aliphatic rings. The fourth-order valence-electron chi connectivity index (χ4n) is 2.74. The Morgan fingerprint density at radius 3 is 2.50 bits per heavy atom. The summed E-state index contributed by atoms with van der Waals surface area (Å²) < 4.78 is 4.62. The van der Waals surface area contributed by atoms with Gasteiger partial charge < -0.3 is 14.9 Å². The van der Waals surface area contributed by atoms with Crippen LogP contribution in [0.2, 0.25) is 0 Å². The molecule has 1 aromatic carbocycles. The van der Waals surface area contributed by atoms with Gasteiger partial charge in [-0.1, -0.05) is 12.1 Å². The van der Waals surface area contributed by atoms with E-state index in [0.717, 1.165) is 38.3 Å². The number of ether oxygens (including phenoxy) is 1. The highest BCUT2D eigenvalue weighted by Crippen LogP contribution is 2.15. The van der Waals surface area contributed by atoms with Crippen LogP contribution in [0.15, 0.2) is 24.3 Å². The van der Waals surface area contributed by atoms with Crippen LogP contribution in [0.25, 0.3) is 0 Å². The second kappa shape index (κ2) is 7.09. The van der Waals surface area contributed by atoms with Crippen molar-refractivity contribution in [3.05, 3.63) is 29.8 Å². The molecule has 22 heavy (non-hydrogen) atoms. The van der Waals surface area contributed by atoms with Crippen molar-refractivity contribution in [2.75, 3.05) is 39.8 Å². The number of aliphatic hydroxyl groups is 1. The molecule has 0 amide bonds. The number of rotatable bonds is 5. The second-order valence-electron chi connectivity index (χ2n) is 5.99. The minimum absolute atomic E-state index is 0.277. The van der Waals surface area contributed by atoms with Crippen molar-refractivity contribution in [1.29, 1.82) is 0 Å². The van der Waals surface area contributed by atoms with E-state index in [1.54, 1.807) is 12.1 Å². The van der Waals surface area contributed by atoms with Crippen LogP contribution in [0, 0.1) is 0 Å². The van der Waals surface area contributed by atoms with Gasteiger partial charge >= 0.3 is 5.97 Å². The average Bonchev–Trinajstić information content (AvgIpc) is 2.48. The summed E-state index contributed by atoms with van der Waals surface area (Å²) in [6.07, 6.45) is 0. The lowest BCUT2D eigenvalue weighted by Crippen LogP contribution is -2.53. The van der Waals surface area contributed by atoms with E-state index in [4.69, 9.17) is 0 Å². The Morgan fingerprint density at radius 1 is 1.27 bits per heavy atom. The van der Waals surface area contributed by atoms with E-state index in [1.807, 2.05) is 12.1 Å². The van der Waals surface area contributed by atoms with Gasteiger partial charge in [-0.15, -0.1) is 0 Å². The van der Waals surface area contributed by atoms with Gasteiger partial charge in [0, 0.05) is 39.3 Å². The summed E-state index contributed by atoms with van der Waals surface area (Å²) in [7, 11) is 1.28. The number of benzene rings is 1. The number of hydrogen-bond donors (Lipinski definition) is 2. The molecular formula is C16H24N2O4. The normalized spacial score (nSPS) is 19.6. The largest absolute Gasteiger partial charge is 0.508 e. The third-order valence-electron chi connectivity index (χ3n) is 3.94. The van der Waals surface area contributed by atoms with Crippen LogP contribution in [0.4, 0.5) is 0 Å². The zero-order chi connectivity index (χ0) is 16.2. The Bertz CT molecular complexity index is 511. The quantitative estimate of drug-likeness (QED) is 0.769. The maximum Gasteiger partial charge on any atom is 0.338 e. The van der Waals surface area contributed by atoms with Crippen molar-refractivity contribution in [3.8, 4) is 5.75 Å². The number of phenolic OH excluding ortho intramolecular Hbond substituents is 1. The average molecular weight is 308 g/mol. The second-order valence-corrected chi connectivity index (χ2v) is 5.99. The molecule has 1 saturated heterocycles. The molecule has 1 atom stereocenters. The first-order valence-corrected chi connectivity index (χ1v) is 7.44. The minimum atomic E-state index is -1.47. The first-order valence-electron chi connectivity index (χ1n) is 7.44. The lowest BCUT2D eigenvalue weighted by Gasteiger charge is -2.37. The number of carbonyl (C=O) groups is 1. The molecule has 1 unspecified atom stereocenters. The summed E-state index contributed by atoms with van der Waals surface area (Å²) in [6.45, 7) is 5.82. The molecular weight excluding hydrogens is 284 g/mol. The molecule has 0 spiro atoms. The van der Waals surface area contributed by atoms with Crippen molar-refractivity contribution in [2.24, 2.45) is 0 Å². The molecule has 0 radical (unpaired) electrons. The Hall–Kier alpha value is -1.63. The number of hydrogen-bond acceptors (Lipinski definition) is 6. The Balaban J connectivity index is 1.82. The number of piperazine rings is 1. The van der Waals surface area contributed by atoms with Gasteiger partial charge in [-0.25, -0.2) is 4.79 Å². The van der Waals surface area contributed by atoms with Gasteiger partial charge in [-0.05, 0) is 24.6 Å². The molecule has 1 fully saturated rings. The Morgan fingerprint density at radius 2 is 1.91 bits per heavy atom. The monoisotopic (exact) mass is 308 g/mol. The molecule has 1 aromatic rings. The van der Waals surface area contributed by atoms with E-state index in [9.17, 15) is 15.0 Å². The van der Waals surface area contributed by atoms with Crippen molar-refractivity contribution in [3.63, 3.8) is 0 Å². The van der Waals surface area contributed by atoms with E-state index in [0.29, 0.717) is 0 Å². The molecule has 6 nitrogen and oxygen atoms in total. The van der Waals surface area contributed by atoms with E-state index in [1.165, 1.54) is 14.0 Å². The fourth-order valence-corrected chi connectivity index (χ4v) is 2.74. The Kier molecular flexibility index (Phi) is 5.39. The van der Waals surface area contributed by atoms with Crippen LogP contribution in [-0.4, -0.2) is 71.4 Å². The summed E-state index contributed by atoms with van der Waals surface area (Å²) in [6, 6.07) is 7.27. The SMILES string of the molecule is COC(=O)C(C)(O)CN1CCN(Cc2cccc(O)c2)CC1. The van der Waals surface area contributed by atoms with Crippen LogP contribution in [0.3, 0.4) is 0 Å². The van der Waals surface area contributed by atoms with E-state index in [2.05, 4.69) is 14.5 Å². The molecule has 1 aliphatic heterocycles. The van der Waals surface area contributed by atoms with Crippen LogP contribution in [-0.2, 0) is 16.1 Å². The highest BCUT2D eigenvalue weighted by Gasteiger charge is 2.34. The van der Waals surface area contributed by atoms with Crippen LogP contribution < -0.4 is 0 Å².